The Morgan fingerprint density at radius 3 is 1.96 bits per heavy atom. The molecule has 8 N–H and O–H groups in total. The van der Waals surface area contributed by atoms with E-state index in [1.54, 1.807) is 0 Å². The summed E-state index contributed by atoms with van der Waals surface area (Å²) in [6.07, 6.45) is -3.88. The highest BCUT2D eigenvalue weighted by Crippen LogP contribution is 2.35. The van der Waals surface area contributed by atoms with Crippen LogP contribution >= 0.6 is 7.82 Å². The minimum Gasteiger partial charge on any atom is -0.479 e. The number of carbonyl (C=O) groups is 1. The second kappa shape index (κ2) is 14.4. The highest BCUT2D eigenvalue weighted by Gasteiger charge is 2.35. The molecule has 0 aliphatic rings. The molecule has 158 valence electrons. The van der Waals surface area contributed by atoms with Gasteiger partial charge >= 0.3 is 13.8 Å². The number of carboxylic acid groups (broad SMARTS) is 1. The topological polar surface area (TPSA) is 205 Å². The standard InChI is InChI=1S/C8H18O.C6H13O10P/c1-3-5-6-8(4-2)7-9;7-2(1-16-17(13,14)15)3(8)4(9)5(10)6(11)12/h8-9H,3-7H2,1-2H3;2-5,7-10H,1H2,(H,11,12)(H2,13,14,15). The molecule has 5 atom stereocenters. The second-order valence-corrected chi connectivity index (χ2v) is 6.96. The first kappa shape index (κ1) is 27.6. The van der Waals surface area contributed by atoms with E-state index in [0.29, 0.717) is 12.5 Å². The molecule has 0 bridgehead atoms. The Balaban J connectivity index is 0. The number of phosphoric ester groups is 1. The van der Waals surface area contributed by atoms with Crippen LogP contribution in [0.2, 0.25) is 0 Å². The zero-order valence-electron chi connectivity index (χ0n) is 14.9. The number of aliphatic hydroxyl groups excluding tert-OH is 5. The number of hydrogen-bond acceptors (Lipinski definition) is 8. The summed E-state index contributed by atoms with van der Waals surface area (Å²) >= 11 is 0. The summed E-state index contributed by atoms with van der Waals surface area (Å²) in [6.45, 7) is 3.64. The van der Waals surface area contributed by atoms with Crippen molar-refractivity contribution in [2.45, 2.75) is 63.9 Å². The molecular weight excluding hydrogens is 375 g/mol. The van der Waals surface area contributed by atoms with Gasteiger partial charge in [0.1, 0.15) is 18.3 Å². The SMILES string of the molecule is CCCCC(CC)CO.O=C(O)C(O)C(O)C(O)C(O)COP(=O)(O)O. The van der Waals surface area contributed by atoms with E-state index < -0.39 is 44.8 Å². The van der Waals surface area contributed by atoms with Crippen LogP contribution in [-0.4, -0.2) is 84.0 Å². The van der Waals surface area contributed by atoms with E-state index in [1.165, 1.54) is 19.3 Å². The van der Waals surface area contributed by atoms with Gasteiger partial charge in [-0.1, -0.05) is 33.1 Å². The van der Waals surface area contributed by atoms with Crippen molar-refractivity contribution in [2.75, 3.05) is 13.2 Å². The molecule has 0 saturated heterocycles. The van der Waals surface area contributed by atoms with Gasteiger partial charge < -0.3 is 40.4 Å². The Morgan fingerprint density at radius 1 is 1.08 bits per heavy atom. The third-order valence-electron chi connectivity index (χ3n) is 3.54. The van der Waals surface area contributed by atoms with E-state index in [1.807, 2.05) is 0 Å². The van der Waals surface area contributed by atoms with Gasteiger partial charge in [0.15, 0.2) is 6.10 Å². The molecule has 0 aromatic heterocycles. The van der Waals surface area contributed by atoms with Crippen LogP contribution in [0.25, 0.3) is 0 Å². The molecule has 0 heterocycles. The quantitative estimate of drug-likeness (QED) is 0.181. The summed E-state index contributed by atoms with van der Waals surface area (Å²) in [5, 5.41) is 53.2. The maximum atomic E-state index is 10.2. The van der Waals surface area contributed by atoms with Gasteiger partial charge in [-0.2, -0.15) is 0 Å². The van der Waals surface area contributed by atoms with E-state index in [2.05, 4.69) is 18.4 Å². The molecule has 0 aromatic rings. The Morgan fingerprint density at radius 2 is 1.62 bits per heavy atom. The van der Waals surface area contributed by atoms with Crippen molar-refractivity contribution in [3.05, 3.63) is 0 Å². The molecule has 0 aliphatic carbocycles. The average Bonchev–Trinajstić information content (AvgIpc) is 2.58. The molecule has 0 spiro atoms. The molecule has 0 amide bonds. The monoisotopic (exact) mass is 406 g/mol. The Labute approximate surface area is 152 Å². The van der Waals surface area contributed by atoms with Gasteiger partial charge in [-0.15, -0.1) is 0 Å². The lowest BCUT2D eigenvalue weighted by Gasteiger charge is -2.24. The van der Waals surface area contributed by atoms with Gasteiger partial charge in [-0.3, -0.25) is 4.52 Å². The van der Waals surface area contributed by atoms with Gasteiger partial charge in [0.05, 0.1) is 6.61 Å². The summed E-state index contributed by atoms with van der Waals surface area (Å²) in [7, 11) is -4.86. The lowest BCUT2D eigenvalue weighted by Crippen LogP contribution is -2.48. The van der Waals surface area contributed by atoms with Crippen LogP contribution in [0.1, 0.15) is 39.5 Å². The number of unbranched alkanes of at least 4 members (excludes halogenated alkanes) is 1. The molecule has 5 unspecified atom stereocenters. The fraction of sp³-hybridized carbons (Fsp3) is 0.929. The van der Waals surface area contributed by atoms with Crippen LogP contribution in [0.15, 0.2) is 0 Å². The molecule has 11 nitrogen and oxygen atoms in total. The van der Waals surface area contributed by atoms with Crippen molar-refractivity contribution in [2.24, 2.45) is 5.92 Å². The van der Waals surface area contributed by atoms with Crippen LogP contribution in [0.4, 0.5) is 0 Å². The third kappa shape index (κ3) is 13.6. The zero-order valence-corrected chi connectivity index (χ0v) is 15.8. The Kier molecular flexibility index (Phi) is 15.3. The summed E-state index contributed by atoms with van der Waals surface area (Å²) in [4.78, 5) is 26.8. The van der Waals surface area contributed by atoms with Crippen molar-refractivity contribution in [3.8, 4) is 0 Å². The first-order valence-corrected chi connectivity index (χ1v) is 9.70. The Bertz CT molecular complexity index is 410. The molecule has 0 aliphatic heterocycles. The van der Waals surface area contributed by atoms with E-state index in [0.717, 1.165) is 6.42 Å². The highest BCUT2D eigenvalue weighted by molar-refractivity contribution is 7.46. The first-order valence-electron chi connectivity index (χ1n) is 8.17. The fourth-order valence-corrected chi connectivity index (χ4v) is 2.10. The molecule has 12 heteroatoms. The number of aliphatic carboxylic acids is 1. The minimum absolute atomic E-state index is 0.372. The van der Waals surface area contributed by atoms with Crippen LogP contribution in [-0.2, 0) is 13.9 Å². The van der Waals surface area contributed by atoms with Crippen LogP contribution in [0.3, 0.4) is 0 Å². The normalized spacial score (nSPS) is 17.4. The molecule has 0 fully saturated rings. The van der Waals surface area contributed by atoms with Gasteiger partial charge in [-0.25, -0.2) is 9.36 Å². The van der Waals surface area contributed by atoms with Crippen molar-refractivity contribution >= 4 is 13.8 Å². The predicted octanol–water partition coefficient (Wildman–Crippen LogP) is -1.18. The fourth-order valence-electron chi connectivity index (χ4n) is 1.75. The number of aliphatic hydroxyl groups is 5. The van der Waals surface area contributed by atoms with Crippen LogP contribution in [0, 0.1) is 5.92 Å². The summed E-state index contributed by atoms with van der Waals surface area (Å²) in [6, 6.07) is 0. The van der Waals surface area contributed by atoms with Crippen molar-refractivity contribution in [1.82, 2.24) is 0 Å². The lowest BCUT2D eigenvalue weighted by atomic mass is 10.0. The smallest absolute Gasteiger partial charge is 0.469 e. The maximum absolute atomic E-state index is 10.2. The second-order valence-electron chi connectivity index (χ2n) is 5.72. The Hall–Kier alpha value is -0.620. The minimum atomic E-state index is -4.86. The molecule has 26 heavy (non-hydrogen) atoms. The summed E-state index contributed by atoms with van der Waals surface area (Å²) < 4.78 is 14.1. The van der Waals surface area contributed by atoms with Crippen LogP contribution in [0.5, 0.6) is 0 Å². The number of hydrogen-bond donors (Lipinski definition) is 8. The molecule has 0 aromatic carbocycles. The van der Waals surface area contributed by atoms with E-state index in [9.17, 15) is 9.36 Å². The first-order chi connectivity index (χ1) is 11.9. The van der Waals surface area contributed by atoms with Gasteiger partial charge in [0, 0.05) is 6.61 Å². The van der Waals surface area contributed by atoms with Gasteiger partial charge in [0.2, 0.25) is 0 Å². The molecule has 0 saturated carbocycles. The number of carboxylic acids is 1. The molecule has 0 radical (unpaired) electrons. The predicted molar refractivity (Wildman–Crippen MR) is 90.1 cm³/mol. The van der Waals surface area contributed by atoms with Gasteiger partial charge in [-0.05, 0) is 12.3 Å². The lowest BCUT2D eigenvalue weighted by molar-refractivity contribution is -0.164. The van der Waals surface area contributed by atoms with Crippen LogP contribution < -0.4 is 0 Å². The third-order valence-corrected chi connectivity index (χ3v) is 4.02. The average molecular weight is 406 g/mol. The van der Waals surface area contributed by atoms with Crippen molar-refractivity contribution < 1.29 is 54.3 Å². The van der Waals surface area contributed by atoms with E-state index in [-0.39, 0.29) is 0 Å². The number of rotatable bonds is 12. The highest BCUT2D eigenvalue weighted by atomic mass is 31.2. The summed E-state index contributed by atoms with van der Waals surface area (Å²) in [5.41, 5.74) is 0. The largest absolute Gasteiger partial charge is 0.479 e. The molecule has 0 rings (SSSR count). The van der Waals surface area contributed by atoms with E-state index in [4.69, 9.17) is 40.4 Å². The zero-order chi connectivity index (χ0) is 20.9. The summed E-state index contributed by atoms with van der Waals surface area (Å²) in [5.74, 6) is -1.27. The van der Waals surface area contributed by atoms with Gasteiger partial charge in [0.25, 0.3) is 0 Å². The van der Waals surface area contributed by atoms with E-state index >= 15 is 0 Å². The maximum Gasteiger partial charge on any atom is 0.469 e. The number of phosphoric acid groups is 1. The van der Waals surface area contributed by atoms with Crippen molar-refractivity contribution in [1.29, 1.82) is 0 Å². The van der Waals surface area contributed by atoms with Crippen molar-refractivity contribution in [3.63, 3.8) is 0 Å². The molecular formula is C14H31O11P.